The van der Waals surface area contributed by atoms with Crippen LogP contribution in [0.5, 0.6) is 0 Å². The highest BCUT2D eigenvalue weighted by atomic mass is 32.1. The number of para-hydroxylation sites is 1. The predicted octanol–water partition coefficient (Wildman–Crippen LogP) is 3.72. The molecule has 0 saturated heterocycles. The maximum atomic E-state index is 9.22. The lowest BCUT2D eigenvalue weighted by molar-refractivity contribution is 0.318. The van der Waals surface area contributed by atoms with Crippen LogP contribution in [0.4, 0.5) is 0 Å². The highest BCUT2D eigenvalue weighted by Gasteiger charge is 2.11. The van der Waals surface area contributed by atoms with E-state index in [-0.39, 0.29) is 0 Å². The van der Waals surface area contributed by atoms with E-state index >= 15 is 0 Å². The molecule has 0 aliphatic rings. The Morgan fingerprint density at radius 3 is 2.53 bits per heavy atom. The number of thiazole rings is 1. The normalized spacial score (nSPS) is 11.9. The first-order valence-electron chi connectivity index (χ1n) is 5.97. The Labute approximate surface area is 114 Å². The van der Waals surface area contributed by atoms with E-state index in [0.29, 0.717) is 12.1 Å². The van der Waals surface area contributed by atoms with E-state index < -0.39 is 0 Å². The number of fused-ring (bicyclic) bond motifs is 1. The maximum Gasteiger partial charge on any atom is 0.142 e. The molecule has 0 bridgehead atoms. The molecule has 19 heavy (non-hydrogen) atoms. The molecule has 0 amide bonds. The fourth-order valence-electron chi connectivity index (χ4n) is 1.94. The van der Waals surface area contributed by atoms with Crippen LogP contribution in [0.15, 0.2) is 59.8 Å². The summed E-state index contributed by atoms with van der Waals surface area (Å²) in [6.07, 6.45) is 0.581. The van der Waals surface area contributed by atoms with E-state index in [1.165, 1.54) is 0 Å². The van der Waals surface area contributed by atoms with Crippen LogP contribution in [0.25, 0.3) is 10.2 Å². The first-order chi connectivity index (χ1) is 9.36. The molecule has 1 N–H and O–H groups in total. The molecule has 1 heterocycles. The van der Waals surface area contributed by atoms with Crippen LogP contribution in [0.2, 0.25) is 0 Å². The Hall–Kier alpha value is -2.20. The zero-order valence-corrected chi connectivity index (χ0v) is 11.0. The topological polar surface area (TPSA) is 45.5 Å². The van der Waals surface area contributed by atoms with Gasteiger partial charge in [-0.05, 0) is 17.7 Å². The van der Waals surface area contributed by atoms with Gasteiger partial charge in [0.1, 0.15) is 10.7 Å². The summed E-state index contributed by atoms with van der Waals surface area (Å²) in [6, 6.07) is 17.9. The summed E-state index contributed by atoms with van der Waals surface area (Å²) >= 11 is 1.55. The summed E-state index contributed by atoms with van der Waals surface area (Å²) in [5, 5.41) is 13.4. The lowest BCUT2D eigenvalue weighted by Crippen LogP contribution is -2.04. The zero-order chi connectivity index (χ0) is 13.1. The third-order valence-corrected chi connectivity index (χ3v) is 3.96. The highest BCUT2D eigenvalue weighted by molar-refractivity contribution is 7.20. The van der Waals surface area contributed by atoms with Crippen LogP contribution in [-0.2, 0) is 6.42 Å². The van der Waals surface area contributed by atoms with E-state index in [4.69, 9.17) is 0 Å². The lowest BCUT2D eigenvalue weighted by Gasteiger charge is -2.00. The van der Waals surface area contributed by atoms with Crippen LogP contribution >= 0.6 is 11.3 Å². The van der Waals surface area contributed by atoms with Crippen molar-refractivity contribution < 1.29 is 5.21 Å². The van der Waals surface area contributed by atoms with Gasteiger partial charge in [0, 0.05) is 6.42 Å². The first-order valence-corrected chi connectivity index (χ1v) is 6.79. The SMILES string of the molecule is ON=C(Cc1ccccc1)c1nc2ccccc2s1. The van der Waals surface area contributed by atoms with Crippen LogP contribution in [0, 0.1) is 0 Å². The number of hydrogen-bond donors (Lipinski definition) is 1. The Morgan fingerprint density at radius 1 is 1.05 bits per heavy atom. The van der Waals surface area contributed by atoms with E-state index in [9.17, 15) is 5.21 Å². The molecular formula is C15H12N2OS. The first kappa shape index (κ1) is 11.9. The van der Waals surface area contributed by atoms with Gasteiger partial charge in [-0.25, -0.2) is 4.98 Å². The molecule has 0 aliphatic carbocycles. The highest BCUT2D eigenvalue weighted by Crippen LogP contribution is 2.23. The molecule has 0 fully saturated rings. The summed E-state index contributed by atoms with van der Waals surface area (Å²) in [5.74, 6) is 0. The van der Waals surface area contributed by atoms with E-state index in [1.807, 2.05) is 54.6 Å². The van der Waals surface area contributed by atoms with Gasteiger partial charge < -0.3 is 5.21 Å². The minimum atomic E-state index is 0.581. The molecule has 0 radical (unpaired) electrons. The molecule has 0 aliphatic heterocycles. The van der Waals surface area contributed by atoms with Gasteiger partial charge in [0.15, 0.2) is 0 Å². The summed E-state index contributed by atoms with van der Waals surface area (Å²) in [5.41, 5.74) is 2.65. The summed E-state index contributed by atoms with van der Waals surface area (Å²) in [6.45, 7) is 0. The van der Waals surface area contributed by atoms with Crippen LogP contribution in [0.1, 0.15) is 10.6 Å². The van der Waals surface area contributed by atoms with Crippen molar-refractivity contribution in [2.24, 2.45) is 5.16 Å². The molecule has 0 saturated carbocycles. The standard InChI is InChI=1S/C15H12N2OS/c18-17-13(10-11-6-2-1-3-7-11)15-16-12-8-4-5-9-14(12)19-15/h1-9,18H,10H2. The van der Waals surface area contributed by atoms with E-state index in [0.717, 1.165) is 20.8 Å². The van der Waals surface area contributed by atoms with Gasteiger partial charge >= 0.3 is 0 Å². The van der Waals surface area contributed by atoms with Gasteiger partial charge in [-0.1, -0.05) is 47.6 Å². The molecular weight excluding hydrogens is 256 g/mol. The minimum Gasteiger partial charge on any atom is -0.411 e. The summed E-state index contributed by atoms with van der Waals surface area (Å²) < 4.78 is 1.10. The van der Waals surface area contributed by atoms with Gasteiger partial charge in [0.25, 0.3) is 0 Å². The second-order valence-electron chi connectivity index (χ2n) is 4.20. The van der Waals surface area contributed by atoms with Crippen molar-refractivity contribution >= 4 is 27.3 Å². The van der Waals surface area contributed by atoms with Gasteiger partial charge in [-0.2, -0.15) is 0 Å². The van der Waals surface area contributed by atoms with Gasteiger partial charge in [0.05, 0.1) is 10.2 Å². The molecule has 4 heteroatoms. The fourth-order valence-corrected chi connectivity index (χ4v) is 2.89. The van der Waals surface area contributed by atoms with E-state index in [2.05, 4.69) is 10.1 Å². The molecule has 2 aromatic carbocycles. The maximum absolute atomic E-state index is 9.22. The average Bonchev–Trinajstić information content (AvgIpc) is 2.89. The fraction of sp³-hybridized carbons (Fsp3) is 0.0667. The van der Waals surface area contributed by atoms with Gasteiger partial charge in [-0.3, -0.25) is 0 Å². The summed E-state index contributed by atoms with van der Waals surface area (Å²) in [4.78, 5) is 4.51. The average molecular weight is 268 g/mol. The number of aromatic nitrogens is 1. The molecule has 3 nitrogen and oxygen atoms in total. The Morgan fingerprint density at radius 2 is 1.79 bits per heavy atom. The Kier molecular flexibility index (Phi) is 3.25. The van der Waals surface area contributed by atoms with Crippen molar-refractivity contribution in [1.29, 1.82) is 0 Å². The van der Waals surface area contributed by atoms with Crippen molar-refractivity contribution in [2.45, 2.75) is 6.42 Å². The molecule has 3 rings (SSSR count). The second kappa shape index (κ2) is 5.20. The minimum absolute atomic E-state index is 0.581. The Balaban J connectivity index is 1.94. The number of oxime groups is 1. The van der Waals surface area contributed by atoms with Crippen LogP contribution in [-0.4, -0.2) is 15.9 Å². The summed E-state index contributed by atoms with van der Waals surface area (Å²) in [7, 11) is 0. The molecule has 0 unspecified atom stereocenters. The smallest absolute Gasteiger partial charge is 0.142 e. The van der Waals surface area contributed by atoms with Crippen molar-refractivity contribution in [1.82, 2.24) is 4.98 Å². The van der Waals surface area contributed by atoms with Crippen molar-refractivity contribution in [3.63, 3.8) is 0 Å². The Bertz CT molecular complexity index is 686. The number of benzene rings is 2. The molecule has 0 atom stereocenters. The number of rotatable bonds is 3. The third kappa shape index (κ3) is 2.48. The van der Waals surface area contributed by atoms with Crippen molar-refractivity contribution in [2.75, 3.05) is 0 Å². The molecule has 3 aromatic rings. The molecule has 94 valence electrons. The molecule has 1 aromatic heterocycles. The largest absolute Gasteiger partial charge is 0.411 e. The predicted molar refractivity (Wildman–Crippen MR) is 78.1 cm³/mol. The van der Waals surface area contributed by atoms with E-state index in [1.54, 1.807) is 11.3 Å². The zero-order valence-electron chi connectivity index (χ0n) is 10.2. The quantitative estimate of drug-likeness (QED) is 0.447. The second-order valence-corrected chi connectivity index (χ2v) is 5.23. The van der Waals surface area contributed by atoms with Crippen molar-refractivity contribution in [3.05, 3.63) is 65.2 Å². The number of nitrogens with zero attached hydrogens (tertiary/aromatic N) is 2. The lowest BCUT2D eigenvalue weighted by atomic mass is 10.1. The van der Waals surface area contributed by atoms with Crippen LogP contribution < -0.4 is 0 Å². The third-order valence-electron chi connectivity index (χ3n) is 2.88. The molecule has 0 spiro atoms. The number of hydrogen-bond acceptors (Lipinski definition) is 4. The monoisotopic (exact) mass is 268 g/mol. The van der Waals surface area contributed by atoms with Crippen LogP contribution in [0.3, 0.4) is 0 Å². The van der Waals surface area contributed by atoms with Crippen molar-refractivity contribution in [3.8, 4) is 0 Å². The van der Waals surface area contributed by atoms with Gasteiger partial charge in [-0.15, -0.1) is 11.3 Å². The van der Waals surface area contributed by atoms with Gasteiger partial charge in [0.2, 0.25) is 0 Å².